The Morgan fingerprint density at radius 1 is 0.500 bits per heavy atom. The summed E-state index contributed by atoms with van der Waals surface area (Å²) in [5.41, 5.74) is 6.58. The Hall–Kier alpha value is -3.48. The summed E-state index contributed by atoms with van der Waals surface area (Å²) < 4.78 is 0. The lowest BCUT2D eigenvalue weighted by atomic mass is 9.62. The fraction of sp³-hybridized carbons (Fsp3) is 0.545. The second-order valence-corrected chi connectivity index (χ2v) is 18.8. The van der Waals surface area contributed by atoms with Gasteiger partial charge in [0.2, 0.25) is 0 Å². The van der Waals surface area contributed by atoms with Gasteiger partial charge in [0, 0.05) is 33.5 Å². The molecule has 0 amide bonds. The van der Waals surface area contributed by atoms with Gasteiger partial charge in [0.1, 0.15) is 11.3 Å². The van der Waals surface area contributed by atoms with Crippen LogP contribution < -0.4 is 31.5 Å². The zero-order valence-electron chi connectivity index (χ0n) is 30.7. The van der Waals surface area contributed by atoms with Crippen LogP contribution in [0.25, 0.3) is 21.5 Å². The van der Waals surface area contributed by atoms with Crippen LogP contribution in [-0.2, 0) is 0 Å². The molecule has 2 aliphatic heterocycles. The van der Waals surface area contributed by atoms with E-state index in [-0.39, 0.29) is 11.3 Å². The zero-order chi connectivity index (χ0) is 34.8. The van der Waals surface area contributed by atoms with Crippen molar-refractivity contribution in [2.75, 3.05) is 21.3 Å². The van der Waals surface area contributed by atoms with Crippen LogP contribution in [-0.4, -0.2) is 23.5 Å². The van der Waals surface area contributed by atoms with Crippen molar-refractivity contribution in [3.05, 3.63) is 71.8 Å². The van der Waals surface area contributed by atoms with Crippen LogP contribution >= 0.6 is 0 Å². The van der Waals surface area contributed by atoms with Gasteiger partial charge in [0.15, 0.2) is 0 Å². The largest absolute Gasteiger partial charge is 0.851 e. The van der Waals surface area contributed by atoms with E-state index in [2.05, 4.69) is 123 Å². The number of anilines is 4. The molecule has 264 valence electrons. The highest BCUT2D eigenvalue weighted by molar-refractivity contribution is 6.08. The van der Waals surface area contributed by atoms with Crippen LogP contribution in [0.5, 0.6) is 0 Å². The first kappa shape index (κ1) is 32.4. The van der Waals surface area contributed by atoms with Gasteiger partial charge in [-0.2, -0.15) is 0 Å². The summed E-state index contributed by atoms with van der Waals surface area (Å²) in [6.45, 7) is 14.2. The van der Waals surface area contributed by atoms with Crippen LogP contribution in [0.1, 0.15) is 116 Å². The van der Waals surface area contributed by atoms with E-state index >= 15 is 0 Å². The molecule has 4 aromatic carbocycles. The van der Waals surface area contributed by atoms with Gasteiger partial charge in [0.25, 0.3) is 0 Å². The predicted molar refractivity (Wildman–Crippen MR) is 204 cm³/mol. The molecule has 3 saturated carbocycles. The van der Waals surface area contributed by atoms with Crippen molar-refractivity contribution in [3.63, 3.8) is 0 Å². The third-order valence-electron chi connectivity index (χ3n) is 13.9. The minimum Gasteiger partial charge on any atom is -0.851 e. The Kier molecular flexibility index (Phi) is 7.14. The maximum absolute atomic E-state index is 14.3. The van der Waals surface area contributed by atoms with Gasteiger partial charge in [-0.3, -0.25) is 0 Å². The average Bonchev–Trinajstić information content (AvgIpc) is 3.06. The molecular formula is C44H54N4O2-2. The first-order chi connectivity index (χ1) is 23.8. The molecular weight excluding hydrogens is 617 g/mol. The van der Waals surface area contributed by atoms with Crippen molar-refractivity contribution in [3.8, 4) is 0 Å². The Morgan fingerprint density at radius 3 is 1.18 bits per heavy atom. The topological polar surface area (TPSA) is 94.2 Å². The molecule has 6 nitrogen and oxygen atoms in total. The number of nitrogens with one attached hydrogen (secondary N) is 4. The van der Waals surface area contributed by atoms with Gasteiger partial charge in [-0.05, 0) is 132 Å². The van der Waals surface area contributed by atoms with E-state index in [0.717, 1.165) is 92.9 Å². The van der Waals surface area contributed by atoms with Gasteiger partial charge in [0.05, 0.1) is 0 Å². The SMILES string of the molecule is CC(C)(C)C1CCC2(CC1)Nc1cccc3c(C4C([O-])C(c5ccc6c7c(cccc57)NC5(CCC(C(C)(C)C)CC5)N6)C4[O-])ccc(c13)N2. The van der Waals surface area contributed by atoms with Crippen molar-refractivity contribution in [2.24, 2.45) is 22.7 Å². The molecule has 5 aliphatic rings. The predicted octanol–water partition coefficient (Wildman–Crippen LogP) is 8.87. The van der Waals surface area contributed by atoms with E-state index in [0.29, 0.717) is 10.8 Å². The maximum atomic E-state index is 14.3. The summed E-state index contributed by atoms with van der Waals surface area (Å²) in [5.74, 6) is 0.281. The fourth-order valence-corrected chi connectivity index (χ4v) is 10.8. The molecule has 0 bridgehead atoms. The van der Waals surface area contributed by atoms with Crippen LogP contribution in [0.2, 0.25) is 0 Å². The van der Waals surface area contributed by atoms with Gasteiger partial charge in [-0.25, -0.2) is 0 Å². The Bertz CT molecular complexity index is 1790. The monoisotopic (exact) mass is 670 g/mol. The molecule has 0 unspecified atom stereocenters. The summed E-state index contributed by atoms with van der Waals surface area (Å²) in [5, 5.41) is 48.5. The fourth-order valence-electron chi connectivity index (χ4n) is 10.8. The van der Waals surface area contributed by atoms with Crippen LogP contribution in [0, 0.1) is 22.7 Å². The van der Waals surface area contributed by atoms with Crippen LogP contribution in [0.15, 0.2) is 60.7 Å². The molecule has 4 aromatic rings. The Labute approximate surface area is 297 Å². The van der Waals surface area contributed by atoms with Crippen molar-refractivity contribution in [1.82, 2.24) is 0 Å². The van der Waals surface area contributed by atoms with E-state index in [1.807, 2.05) is 0 Å². The molecule has 50 heavy (non-hydrogen) atoms. The molecule has 0 aromatic heterocycles. The first-order valence-corrected chi connectivity index (χ1v) is 19.3. The first-order valence-electron chi connectivity index (χ1n) is 19.3. The molecule has 3 fully saturated rings. The van der Waals surface area contributed by atoms with E-state index in [1.54, 1.807) is 0 Å². The Balaban J connectivity index is 0.981. The lowest BCUT2D eigenvalue weighted by Crippen LogP contribution is -2.63. The molecule has 6 heteroatoms. The smallest absolute Gasteiger partial charge is 0.108 e. The van der Waals surface area contributed by atoms with E-state index in [9.17, 15) is 10.2 Å². The zero-order valence-corrected chi connectivity index (χ0v) is 30.7. The van der Waals surface area contributed by atoms with Crippen molar-refractivity contribution >= 4 is 44.3 Å². The van der Waals surface area contributed by atoms with Gasteiger partial charge >= 0.3 is 0 Å². The minimum atomic E-state index is -1.00. The van der Waals surface area contributed by atoms with E-state index < -0.39 is 24.0 Å². The summed E-state index contributed by atoms with van der Waals surface area (Å²) in [7, 11) is 0. The van der Waals surface area contributed by atoms with Gasteiger partial charge in [-0.15, -0.1) is 12.2 Å². The number of hydrogen-bond donors (Lipinski definition) is 4. The summed E-state index contributed by atoms with van der Waals surface area (Å²) in [6, 6.07) is 21.1. The third-order valence-corrected chi connectivity index (χ3v) is 13.9. The highest BCUT2D eigenvalue weighted by atomic mass is 16.3. The van der Waals surface area contributed by atoms with Crippen LogP contribution in [0.3, 0.4) is 0 Å². The van der Waals surface area contributed by atoms with Crippen molar-refractivity contribution in [1.29, 1.82) is 0 Å². The second-order valence-electron chi connectivity index (χ2n) is 18.8. The number of benzene rings is 4. The molecule has 0 saturated heterocycles. The highest BCUT2D eigenvalue weighted by Gasteiger charge is 2.45. The normalized spacial score (nSPS) is 33.4. The molecule has 9 rings (SSSR count). The minimum absolute atomic E-state index is 0.155. The average molecular weight is 671 g/mol. The lowest BCUT2D eigenvalue weighted by Gasteiger charge is -2.62. The lowest BCUT2D eigenvalue weighted by molar-refractivity contribution is -0.535. The maximum Gasteiger partial charge on any atom is 0.108 e. The van der Waals surface area contributed by atoms with E-state index in [4.69, 9.17) is 0 Å². The van der Waals surface area contributed by atoms with Gasteiger partial charge in [-0.1, -0.05) is 77.9 Å². The number of hydrogen-bond acceptors (Lipinski definition) is 6. The quantitative estimate of drug-likeness (QED) is 0.170. The van der Waals surface area contributed by atoms with Gasteiger partial charge < -0.3 is 31.5 Å². The number of rotatable bonds is 2. The van der Waals surface area contributed by atoms with E-state index in [1.165, 1.54) is 25.7 Å². The summed E-state index contributed by atoms with van der Waals surface area (Å²) in [6.07, 6.45) is 7.03. The Morgan fingerprint density at radius 2 is 0.840 bits per heavy atom. The standard InChI is InChI=1S/C44H54N4O2/c1-41(2,3)25-17-21-43(22-18-25)45-31-11-7-9-27-29(13-15-33(47-43)35(27)31)37-39(49)38(40(37)50)30-14-16-34-36-28(30)10-8-12-32(36)46-44(48-34)23-19-26(20-24-44)42(4,5)6/h7-16,25-26,37-40,45-48H,17-24H2,1-6H3/q-2. The highest BCUT2D eigenvalue weighted by Crippen LogP contribution is 2.54. The molecule has 4 N–H and O–H groups in total. The molecule has 0 atom stereocenters. The van der Waals surface area contributed by atoms with Crippen molar-refractivity contribution in [2.45, 2.75) is 128 Å². The van der Waals surface area contributed by atoms with Crippen LogP contribution in [0.4, 0.5) is 22.7 Å². The molecule has 3 aliphatic carbocycles. The van der Waals surface area contributed by atoms with Crippen molar-refractivity contribution < 1.29 is 10.2 Å². The second kappa shape index (κ2) is 11.0. The summed E-state index contributed by atoms with van der Waals surface area (Å²) >= 11 is 0. The molecule has 2 spiro atoms. The molecule has 2 heterocycles. The third kappa shape index (κ3) is 4.95. The summed E-state index contributed by atoms with van der Waals surface area (Å²) in [4.78, 5) is 0. The molecule has 0 radical (unpaired) electrons.